The van der Waals surface area contributed by atoms with Crippen molar-refractivity contribution in [2.75, 3.05) is 25.1 Å². The van der Waals surface area contributed by atoms with Gasteiger partial charge in [-0.15, -0.1) is 11.3 Å². The van der Waals surface area contributed by atoms with Crippen molar-refractivity contribution in [2.24, 2.45) is 10.1 Å². The number of hydrogen-bond donors (Lipinski definition) is 1. The van der Waals surface area contributed by atoms with E-state index in [1.165, 1.54) is 11.3 Å². The lowest BCUT2D eigenvalue weighted by Gasteiger charge is -2.19. The molecule has 1 N–H and O–H groups in total. The van der Waals surface area contributed by atoms with Gasteiger partial charge < -0.3 is 19.5 Å². The molecule has 0 unspecified atom stereocenters. The van der Waals surface area contributed by atoms with Crippen molar-refractivity contribution in [3.05, 3.63) is 88.0 Å². The molecule has 1 amide bonds. The van der Waals surface area contributed by atoms with Crippen molar-refractivity contribution in [1.82, 2.24) is 4.68 Å². The van der Waals surface area contributed by atoms with Crippen molar-refractivity contribution in [3.8, 4) is 28.5 Å². The standard InChI is InChI=1S/C28H24N4O4S/c1-18(20-7-10-25-26(14-20)35-12-11-34-25)31-32-23(17-37-28(32)29-15-19-5-3-2-4-6-19)21-8-9-24-22(13-21)30-27(33)16-36-24/h2-10,13-14,17H,11-12,15-16H2,1H3,(H,30,33). The Hall–Kier alpha value is -4.37. The predicted octanol–water partition coefficient (Wildman–Crippen LogP) is 4.69. The van der Waals surface area contributed by atoms with Crippen molar-refractivity contribution >= 4 is 28.6 Å². The highest BCUT2D eigenvalue weighted by molar-refractivity contribution is 7.07. The highest BCUT2D eigenvalue weighted by Gasteiger charge is 2.18. The van der Waals surface area contributed by atoms with E-state index in [4.69, 9.17) is 24.3 Å². The summed E-state index contributed by atoms with van der Waals surface area (Å²) in [6.45, 7) is 3.59. The van der Waals surface area contributed by atoms with E-state index in [9.17, 15) is 4.79 Å². The third-order valence-electron chi connectivity index (χ3n) is 6.04. The number of aromatic nitrogens is 1. The van der Waals surface area contributed by atoms with E-state index in [0.29, 0.717) is 36.9 Å². The number of nitrogens with one attached hydrogen (secondary N) is 1. The van der Waals surface area contributed by atoms with Gasteiger partial charge in [-0.1, -0.05) is 30.3 Å². The molecule has 0 saturated carbocycles. The summed E-state index contributed by atoms with van der Waals surface area (Å²) in [5, 5.41) is 9.90. The van der Waals surface area contributed by atoms with Crippen LogP contribution in [0.3, 0.4) is 0 Å². The predicted molar refractivity (Wildman–Crippen MR) is 143 cm³/mol. The molecule has 2 aliphatic rings. The molecule has 0 atom stereocenters. The summed E-state index contributed by atoms with van der Waals surface area (Å²) >= 11 is 1.51. The maximum absolute atomic E-state index is 11.9. The van der Waals surface area contributed by atoms with Crippen LogP contribution in [0, 0.1) is 0 Å². The van der Waals surface area contributed by atoms with E-state index in [2.05, 4.69) is 17.4 Å². The first-order valence-corrected chi connectivity index (χ1v) is 12.8. The van der Waals surface area contributed by atoms with Crippen molar-refractivity contribution in [1.29, 1.82) is 0 Å². The molecule has 0 fully saturated rings. The first-order valence-electron chi connectivity index (χ1n) is 11.9. The molecule has 0 spiro atoms. The molecular formula is C28H24N4O4S. The summed E-state index contributed by atoms with van der Waals surface area (Å²) in [7, 11) is 0. The Morgan fingerprint density at radius 3 is 2.65 bits per heavy atom. The van der Waals surface area contributed by atoms with Crippen molar-refractivity contribution in [3.63, 3.8) is 0 Å². The number of benzene rings is 3. The zero-order valence-electron chi connectivity index (χ0n) is 20.1. The highest BCUT2D eigenvalue weighted by Crippen LogP contribution is 2.34. The molecule has 186 valence electrons. The minimum absolute atomic E-state index is 0.0202. The average molecular weight is 513 g/mol. The lowest BCUT2D eigenvalue weighted by atomic mass is 10.1. The number of carbonyl (C=O) groups excluding carboxylic acids is 1. The van der Waals surface area contributed by atoms with Crippen molar-refractivity contribution in [2.45, 2.75) is 13.5 Å². The first-order chi connectivity index (χ1) is 18.1. The second-order valence-corrected chi connectivity index (χ2v) is 9.45. The molecule has 3 heterocycles. The van der Waals surface area contributed by atoms with Crippen LogP contribution in [-0.4, -0.2) is 36.1 Å². The SMILES string of the molecule is CC(=Nn1c(-c2ccc3c(c2)NC(=O)CO3)csc1=NCc1ccccc1)c1ccc2c(c1)OCCO2. The van der Waals surface area contributed by atoms with Crippen LogP contribution in [0.2, 0.25) is 0 Å². The van der Waals surface area contributed by atoms with Gasteiger partial charge in [0.05, 0.1) is 23.6 Å². The molecule has 6 rings (SSSR count). The van der Waals surface area contributed by atoms with Gasteiger partial charge in [0.15, 0.2) is 18.1 Å². The van der Waals surface area contributed by atoms with Gasteiger partial charge in [0.25, 0.3) is 5.91 Å². The molecule has 0 radical (unpaired) electrons. The lowest BCUT2D eigenvalue weighted by Crippen LogP contribution is -2.25. The van der Waals surface area contributed by atoms with Gasteiger partial charge in [-0.05, 0) is 48.9 Å². The number of carbonyl (C=O) groups is 1. The number of hydrogen-bond acceptors (Lipinski definition) is 7. The summed E-state index contributed by atoms with van der Waals surface area (Å²) in [6, 6.07) is 21.7. The fraction of sp³-hybridized carbons (Fsp3) is 0.179. The van der Waals surface area contributed by atoms with Crippen LogP contribution in [0.5, 0.6) is 17.2 Å². The summed E-state index contributed by atoms with van der Waals surface area (Å²) < 4.78 is 18.8. The molecule has 0 aliphatic carbocycles. The second-order valence-electron chi connectivity index (χ2n) is 8.61. The monoisotopic (exact) mass is 512 g/mol. The minimum atomic E-state index is -0.172. The minimum Gasteiger partial charge on any atom is -0.486 e. The van der Waals surface area contributed by atoms with Gasteiger partial charge in [-0.25, -0.2) is 4.68 Å². The van der Waals surface area contributed by atoms with Gasteiger partial charge in [0.1, 0.15) is 19.0 Å². The lowest BCUT2D eigenvalue weighted by molar-refractivity contribution is -0.118. The molecule has 2 aliphatic heterocycles. The van der Waals surface area contributed by atoms with Crippen LogP contribution in [-0.2, 0) is 11.3 Å². The van der Waals surface area contributed by atoms with Gasteiger partial charge >= 0.3 is 0 Å². The third-order valence-corrected chi connectivity index (χ3v) is 6.90. The number of ether oxygens (including phenoxy) is 3. The Labute approximate surface area is 217 Å². The van der Waals surface area contributed by atoms with E-state index in [1.54, 1.807) is 0 Å². The smallest absolute Gasteiger partial charge is 0.262 e. The third kappa shape index (κ3) is 4.85. The van der Waals surface area contributed by atoms with E-state index < -0.39 is 0 Å². The number of anilines is 1. The number of nitrogens with zero attached hydrogens (tertiary/aromatic N) is 3. The van der Waals surface area contributed by atoms with Crippen LogP contribution in [0.1, 0.15) is 18.1 Å². The van der Waals surface area contributed by atoms with Crippen LogP contribution < -0.4 is 24.3 Å². The fourth-order valence-electron chi connectivity index (χ4n) is 4.16. The Balaban J connectivity index is 1.43. The maximum Gasteiger partial charge on any atom is 0.262 e. The van der Waals surface area contributed by atoms with Gasteiger partial charge in [0, 0.05) is 16.5 Å². The van der Waals surface area contributed by atoms with Crippen LogP contribution >= 0.6 is 11.3 Å². The Bertz CT molecular complexity index is 1570. The highest BCUT2D eigenvalue weighted by atomic mass is 32.1. The first kappa shape index (κ1) is 23.1. The van der Waals surface area contributed by atoms with Gasteiger partial charge in [0.2, 0.25) is 4.80 Å². The van der Waals surface area contributed by atoms with E-state index >= 15 is 0 Å². The zero-order chi connectivity index (χ0) is 25.2. The molecule has 3 aromatic carbocycles. The summed E-state index contributed by atoms with van der Waals surface area (Å²) in [6.07, 6.45) is 0. The van der Waals surface area contributed by atoms with Crippen LogP contribution in [0.25, 0.3) is 11.3 Å². The van der Waals surface area contributed by atoms with E-state index in [1.807, 2.05) is 71.6 Å². The summed E-state index contributed by atoms with van der Waals surface area (Å²) in [4.78, 5) is 17.5. The Morgan fingerprint density at radius 2 is 1.78 bits per heavy atom. The second kappa shape index (κ2) is 9.94. The van der Waals surface area contributed by atoms with Gasteiger partial charge in [-0.3, -0.25) is 9.79 Å². The molecular weight excluding hydrogens is 488 g/mol. The summed E-state index contributed by atoms with van der Waals surface area (Å²) in [5.74, 6) is 1.93. The zero-order valence-corrected chi connectivity index (χ0v) is 21.0. The van der Waals surface area contributed by atoms with Crippen molar-refractivity contribution < 1.29 is 19.0 Å². The summed E-state index contributed by atoms with van der Waals surface area (Å²) in [5.41, 5.74) is 5.23. The number of fused-ring (bicyclic) bond motifs is 2. The normalized spacial score (nSPS) is 15.1. The topological polar surface area (TPSA) is 86.4 Å². The Morgan fingerprint density at radius 1 is 0.973 bits per heavy atom. The van der Waals surface area contributed by atoms with E-state index in [-0.39, 0.29) is 12.5 Å². The number of rotatable bonds is 5. The number of amides is 1. The van der Waals surface area contributed by atoms with E-state index in [0.717, 1.165) is 38.6 Å². The molecule has 0 bridgehead atoms. The van der Waals surface area contributed by atoms with Crippen LogP contribution in [0.15, 0.2) is 82.2 Å². The van der Waals surface area contributed by atoms with Gasteiger partial charge in [-0.2, -0.15) is 5.10 Å². The maximum atomic E-state index is 11.9. The fourth-order valence-corrected chi connectivity index (χ4v) is 4.99. The molecule has 37 heavy (non-hydrogen) atoms. The molecule has 4 aromatic rings. The largest absolute Gasteiger partial charge is 0.486 e. The molecule has 0 saturated heterocycles. The molecule has 1 aromatic heterocycles. The average Bonchev–Trinajstić information content (AvgIpc) is 3.33. The molecule has 9 heteroatoms. The number of thiazole rings is 1. The molecule has 8 nitrogen and oxygen atoms in total. The Kier molecular flexibility index (Phi) is 6.20. The van der Waals surface area contributed by atoms with Crippen LogP contribution in [0.4, 0.5) is 5.69 Å². The quantitative estimate of drug-likeness (QED) is 0.393.